The summed E-state index contributed by atoms with van der Waals surface area (Å²) in [6.07, 6.45) is 0.323. The Morgan fingerprint density at radius 1 is 1.00 bits per heavy atom. The summed E-state index contributed by atoms with van der Waals surface area (Å²) in [4.78, 5) is 0. The molecule has 2 N–H and O–H groups in total. The van der Waals surface area contributed by atoms with Gasteiger partial charge < -0.3 is 15.2 Å². The van der Waals surface area contributed by atoms with E-state index < -0.39 is 6.10 Å². The van der Waals surface area contributed by atoms with Gasteiger partial charge in [0.2, 0.25) is 0 Å². The molecule has 126 valence electrons. The highest BCUT2D eigenvalue weighted by Crippen LogP contribution is 2.21. The zero-order valence-corrected chi connectivity index (χ0v) is 14.6. The van der Waals surface area contributed by atoms with Crippen molar-refractivity contribution in [1.29, 1.82) is 0 Å². The Morgan fingerprint density at radius 3 is 2.35 bits per heavy atom. The number of aliphatic hydroxyl groups excluding tert-OH is 1. The third-order valence-electron chi connectivity index (χ3n) is 3.40. The van der Waals surface area contributed by atoms with E-state index >= 15 is 0 Å². The second kappa shape index (κ2) is 10.3. The molecule has 0 aliphatic rings. The molecule has 0 saturated heterocycles. The Balaban J connectivity index is 0.00000264. The summed E-state index contributed by atoms with van der Waals surface area (Å²) in [7, 11) is 0. The van der Waals surface area contributed by atoms with Crippen LogP contribution in [0.4, 0.5) is 0 Å². The van der Waals surface area contributed by atoms with Crippen LogP contribution in [0, 0.1) is 0 Å². The number of benzene rings is 2. The van der Waals surface area contributed by atoms with Gasteiger partial charge >= 0.3 is 0 Å². The molecule has 0 saturated carbocycles. The predicted octanol–water partition coefficient (Wildman–Crippen LogP) is 3.44. The van der Waals surface area contributed by atoms with Crippen molar-refractivity contribution in [3.8, 4) is 5.75 Å². The van der Waals surface area contributed by atoms with Crippen molar-refractivity contribution in [3.05, 3.63) is 65.7 Å². The number of hydrogen-bond acceptors (Lipinski definition) is 3. The van der Waals surface area contributed by atoms with Crippen LogP contribution < -0.4 is 10.1 Å². The van der Waals surface area contributed by atoms with Gasteiger partial charge in [-0.25, -0.2) is 0 Å². The van der Waals surface area contributed by atoms with Crippen molar-refractivity contribution in [1.82, 2.24) is 5.32 Å². The number of hydrogen-bond donors (Lipinski definition) is 2. The van der Waals surface area contributed by atoms with E-state index in [1.54, 1.807) is 0 Å². The smallest absolute Gasteiger partial charge is 0.122 e. The van der Waals surface area contributed by atoms with E-state index in [0.29, 0.717) is 19.2 Å². The maximum atomic E-state index is 9.95. The van der Waals surface area contributed by atoms with E-state index in [0.717, 1.165) is 17.7 Å². The molecule has 0 spiro atoms. The van der Waals surface area contributed by atoms with Gasteiger partial charge in [0.15, 0.2) is 0 Å². The first-order valence-electron chi connectivity index (χ1n) is 7.81. The van der Waals surface area contributed by atoms with Crippen molar-refractivity contribution in [2.75, 3.05) is 13.2 Å². The van der Waals surface area contributed by atoms with E-state index in [1.807, 2.05) is 36.4 Å². The number of aliphatic hydroxyl groups is 1. The highest BCUT2D eigenvalue weighted by atomic mass is 35.5. The van der Waals surface area contributed by atoms with Crippen LogP contribution in [0.25, 0.3) is 0 Å². The quantitative estimate of drug-likeness (QED) is 0.776. The lowest BCUT2D eigenvalue weighted by atomic mass is 10.0. The molecule has 0 radical (unpaired) electrons. The molecule has 0 aliphatic carbocycles. The van der Waals surface area contributed by atoms with E-state index in [2.05, 4.69) is 37.4 Å². The number of rotatable bonds is 8. The molecule has 23 heavy (non-hydrogen) atoms. The number of para-hydroxylation sites is 1. The fourth-order valence-corrected chi connectivity index (χ4v) is 2.22. The first-order valence-corrected chi connectivity index (χ1v) is 7.81. The lowest BCUT2D eigenvalue weighted by Crippen LogP contribution is -2.35. The zero-order valence-electron chi connectivity index (χ0n) is 13.7. The third-order valence-corrected chi connectivity index (χ3v) is 3.40. The van der Waals surface area contributed by atoms with Crippen LogP contribution in [0.5, 0.6) is 5.75 Å². The molecule has 0 amide bonds. The molecule has 0 bridgehead atoms. The summed E-state index contributed by atoms with van der Waals surface area (Å²) in [6.45, 7) is 4.95. The summed E-state index contributed by atoms with van der Waals surface area (Å²) in [5.74, 6) is 0.843. The first kappa shape index (κ1) is 19.5. The van der Waals surface area contributed by atoms with Crippen LogP contribution in [-0.2, 0) is 6.42 Å². The number of ether oxygens (including phenoxy) is 1. The van der Waals surface area contributed by atoms with Gasteiger partial charge in [-0.1, -0.05) is 62.4 Å². The molecule has 1 unspecified atom stereocenters. The Kier molecular flexibility index (Phi) is 8.70. The summed E-state index contributed by atoms with van der Waals surface area (Å²) >= 11 is 0. The van der Waals surface area contributed by atoms with Crippen molar-refractivity contribution in [2.24, 2.45) is 0 Å². The third kappa shape index (κ3) is 7.04. The molecule has 1 atom stereocenters. The summed E-state index contributed by atoms with van der Waals surface area (Å²) in [5.41, 5.74) is 2.39. The fourth-order valence-electron chi connectivity index (χ4n) is 2.22. The monoisotopic (exact) mass is 335 g/mol. The van der Waals surface area contributed by atoms with E-state index in [4.69, 9.17) is 4.74 Å². The Hall–Kier alpha value is -1.55. The second-order valence-electron chi connectivity index (χ2n) is 5.80. The standard InChI is InChI=1S/C19H25NO2.ClH/c1-15(2)20-13-18(21)14-22-19-11-7-6-10-17(19)12-16-8-4-3-5-9-16;/h3-11,15,18,20-21H,12-14H2,1-2H3;1H. The number of halogens is 1. The highest BCUT2D eigenvalue weighted by molar-refractivity contribution is 5.85. The Bertz CT molecular complexity index is 560. The summed E-state index contributed by atoms with van der Waals surface area (Å²) < 4.78 is 5.81. The average molecular weight is 336 g/mol. The summed E-state index contributed by atoms with van der Waals surface area (Å²) in [6, 6.07) is 18.7. The molecule has 0 heterocycles. The van der Waals surface area contributed by atoms with Gasteiger partial charge in [-0.15, -0.1) is 12.4 Å². The fraction of sp³-hybridized carbons (Fsp3) is 0.368. The topological polar surface area (TPSA) is 41.5 Å². The maximum Gasteiger partial charge on any atom is 0.122 e. The van der Waals surface area contributed by atoms with Gasteiger partial charge in [0, 0.05) is 19.0 Å². The van der Waals surface area contributed by atoms with Crippen molar-refractivity contribution >= 4 is 12.4 Å². The number of nitrogens with one attached hydrogen (secondary N) is 1. The largest absolute Gasteiger partial charge is 0.491 e. The van der Waals surface area contributed by atoms with E-state index in [1.165, 1.54) is 5.56 Å². The van der Waals surface area contributed by atoms with Gasteiger partial charge in [0.05, 0.1) is 0 Å². The molecule has 2 rings (SSSR count). The normalized spacial score (nSPS) is 11.8. The van der Waals surface area contributed by atoms with E-state index in [-0.39, 0.29) is 12.4 Å². The molecule has 0 fully saturated rings. The SMILES string of the molecule is CC(C)NCC(O)COc1ccccc1Cc1ccccc1.Cl. The Labute approximate surface area is 145 Å². The minimum atomic E-state index is -0.507. The maximum absolute atomic E-state index is 9.95. The molecular weight excluding hydrogens is 310 g/mol. The Morgan fingerprint density at radius 2 is 1.65 bits per heavy atom. The summed E-state index contributed by atoms with van der Waals surface area (Å²) in [5, 5.41) is 13.2. The van der Waals surface area contributed by atoms with Crippen molar-refractivity contribution in [3.63, 3.8) is 0 Å². The molecule has 0 aromatic heterocycles. The minimum absolute atomic E-state index is 0. The average Bonchev–Trinajstić information content (AvgIpc) is 2.53. The van der Waals surface area contributed by atoms with Gasteiger partial charge in [-0.2, -0.15) is 0 Å². The predicted molar refractivity (Wildman–Crippen MR) is 97.6 cm³/mol. The van der Waals surface area contributed by atoms with Gasteiger partial charge in [-0.3, -0.25) is 0 Å². The van der Waals surface area contributed by atoms with Crippen molar-refractivity contribution < 1.29 is 9.84 Å². The lowest BCUT2D eigenvalue weighted by molar-refractivity contribution is 0.104. The van der Waals surface area contributed by atoms with Crippen LogP contribution in [0.1, 0.15) is 25.0 Å². The van der Waals surface area contributed by atoms with Crippen LogP contribution in [-0.4, -0.2) is 30.4 Å². The van der Waals surface area contributed by atoms with Crippen LogP contribution >= 0.6 is 12.4 Å². The van der Waals surface area contributed by atoms with Crippen LogP contribution in [0.3, 0.4) is 0 Å². The first-order chi connectivity index (χ1) is 10.6. The van der Waals surface area contributed by atoms with Crippen molar-refractivity contribution in [2.45, 2.75) is 32.4 Å². The van der Waals surface area contributed by atoms with Crippen LogP contribution in [0.15, 0.2) is 54.6 Å². The molecule has 2 aromatic rings. The van der Waals surface area contributed by atoms with Gasteiger partial charge in [0.25, 0.3) is 0 Å². The zero-order chi connectivity index (χ0) is 15.8. The molecule has 3 nitrogen and oxygen atoms in total. The minimum Gasteiger partial charge on any atom is -0.491 e. The lowest BCUT2D eigenvalue weighted by Gasteiger charge is -2.16. The van der Waals surface area contributed by atoms with Gasteiger partial charge in [0.1, 0.15) is 18.5 Å². The highest BCUT2D eigenvalue weighted by Gasteiger charge is 2.09. The van der Waals surface area contributed by atoms with Crippen LogP contribution in [0.2, 0.25) is 0 Å². The molecular formula is C19H26ClNO2. The molecule has 0 aliphatic heterocycles. The molecule has 4 heteroatoms. The molecule has 2 aromatic carbocycles. The van der Waals surface area contributed by atoms with E-state index in [9.17, 15) is 5.11 Å². The second-order valence-corrected chi connectivity index (χ2v) is 5.80. The van der Waals surface area contributed by atoms with Gasteiger partial charge in [-0.05, 0) is 17.2 Å².